The van der Waals surface area contributed by atoms with Gasteiger partial charge in [0.25, 0.3) is 0 Å². The van der Waals surface area contributed by atoms with Crippen LogP contribution in [0.4, 0.5) is 0 Å². The first kappa shape index (κ1) is 11.0. The molecule has 1 aromatic heterocycles. The minimum atomic E-state index is 0.137. The number of hydrogen-bond acceptors (Lipinski definition) is 4. The molecular formula is C11H15N3O2. The molecule has 0 saturated carbocycles. The molecule has 1 atom stereocenters. The molecule has 0 aliphatic rings. The maximum atomic E-state index is 8.85. The number of fused-ring (bicyclic) bond motifs is 1. The molecule has 1 heterocycles. The van der Waals surface area contributed by atoms with Gasteiger partial charge in [0.2, 0.25) is 0 Å². The van der Waals surface area contributed by atoms with Gasteiger partial charge in [0.05, 0.1) is 12.1 Å². The van der Waals surface area contributed by atoms with E-state index in [-0.39, 0.29) is 12.5 Å². The van der Waals surface area contributed by atoms with Crippen LogP contribution in [0.2, 0.25) is 0 Å². The summed E-state index contributed by atoms with van der Waals surface area (Å²) in [5, 5.41) is 16.9. The second kappa shape index (κ2) is 5.05. The van der Waals surface area contributed by atoms with Crippen LogP contribution in [0.5, 0.6) is 0 Å². The van der Waals surface area contributed by atoms with Gasteiger partial charge >= 0.3 is 0 Å². The molecule has 0 radical (unpaired) electrons. The third-order valence-corrected chi connectivity index (χ3v) is 2.35. The third-order valence-electron chi connectivity index (χ3n) is 2.35. The monoisotopic (exact) mass is 221 g/mol. The Bertz CT molecular complexity index is 455. The summed E-state index contributed by atoms with van der Waals surface area (Å²) in [6.45, 7) is 2.95. The normalized spacial score (nSPS) is 13.1. The van der Waals surface area contributed by atoms with Crippen LogP contribution in [0.15, 0.2) is 24.3 Å². The molecule has 0 amide bonds. The van der Waals surface area contributed by atoms with E-state index in [1.54, 1.807) is 4.68 Å². The van der Waals surface area contributed by atoms with Crippen LogP contribution in [-0.2, 0) is 11.5 Å². The molecule has 16 heavy (non-hydrogen) atoms. The van der Waals surface area contributed by atoms with Crippen molar-refractivity contribution in [2.45, 2.75) is 13.7 Å². The first-order chi connectivity index (χ1) is 7.81. The van der Waals surface area contributed by atoms with Crippen molar-refractivity contribution in [2.24, 2.45) is 5.92 Å². The molecule has 0 bridgehead atoms. The average molecular weight is 221 g/mol. The van der Waals surface area contributed by atoms with E-state index >= 15 is 0 Å². The maximum Gasteiger partial charge on any atom is 0.141 e. The fourth-order valence-electron chi connectivity index (χ4n) is 1.41. The first-order valence-corrected chi connectivity index (χ1v) is 5.28. The molecule has 5 nitrogen and oxygen atoms in total. The number of nitrogens with zero attached hydrogens (tertiary/aromatic N) is 3. The molecule has 86 valence electrons. The molecule has 2 aromatic rings. The predicted octanol–water partition coefficient (Wildman–Crippen LogP) is 1.03. The largest absolute Gasteiger partial charge is 0.396 e. The quantitative estimate of drug-likeness (QED) is 0.819. The molecule has 0 aliphatic carbocycles. The predicted molar refractivity (Wildman–Crippen MR) is 59.7 cm³/mol. The van der Waals surface area contributed by atoms with E-state index in [1.165, 1.54) is 0 Å². The molecule has 0 saturated heterocycles. The van der Waals surface area contributed by atoms with E-state index in [1.807, 2.05) is 31.2 Å². The van der Waals surface area contributed by atoms with Crippen molar-refractivity contribution >= 4 is 11.0 Å². The Balaban J connectivity index is 1.99. The Hall–Kier alpha value is -1.46. The van der Waals surface area contributed by atoms with Crippen molar-refractivity contribution in [1.82, 2.24) is 15.0 Å². The van der Waals surface area contributed by atoms with Gasteiger partial charge in [-0.05, 0) is 12.1 Å². The van der Waals surface area contributed by atoms with E-state index in [9.17, 15) is 0 Å². The number of hydrogen-bond donors (Lipinski definition) is 1. The molecule has 5 heteroatoms. The lowest BCUT2D eigenvalue weighted by Gasteiger charge is -2.08. The highest BCUT2D eigenvalue weighted by Crippen LogP contribution is 2.09. The van der Waals surface area contributed by atoms with E-state index in [0.29, 0.717) is 13.3 Å². The van der Waals surface area contributed by atoms with Crippen molar-refractivity contribution in [2.75, 3.05) is 13.2 Å². The van der Waals surface area contributed by atoms with Gasteiger partial charge in [-0.3, -0.25) is 0 Å². The second-order valence-electron chi connectivity index (χ2n) is 3.87. The van der Waals surface area contributed by atoms with Crippen LogP contribution in [0, 0.1) is 5.92 Å². The van der Waals surface area contributed by atoms with Gasteiger partial charge in [-0.1, -0.05) is 24.3 Å². The Labute approximate surface area is 93.6 Å². The number of rotatable bonds is 5. The van der Waals surface area contributed by atoms with E-state index in [4.69, 9.17) is 9.84 Å². The summed E-state index contributed by atoms with van der Waals surface area (Å²) in [5.41, 5.74) is 1.82. The number of ether oxygens (including phenoxy) is 1. The van der Waals surface area contributed by atoms with E-state index in [0.717, 1.165) is 11.0 Å². The lowest BCUT2D eigenvalue weighted by atomic mass is 10.2. The highest BCUT2D eigenvalue weighted by atomic mass is 16.5. The van der Waals surface area contributed by atoms with Gasteiger partial charge in [0, 0.05) is 12.5 Å². The molecule has 0 aliphatic heterocycles. The fourth-order valence-corrected chi connectivity index (χ4v) is 1.41. The molecule has 0 fully saturated rings. The molecule has 1 unspecified atom stereocenters. The number of aliphatic hydroxyl groups is 1. The Morgan fingerprint density at radius 1 is 1.44 bits per heavy atom. The van der Waals surface area contributed by atoms with Crippen molar-refractivity contribution < 1.29 is 9.84 Å². The summed E-state index contributed by atoms with van der Waals surface area (Å²) < 4.78 is 7.15. The summed E-state index contributed by atoms with van der Waals surface area (Å²) in [6.07, 6.45) is 0. The van der Waals surface area contributed by atoms with Crippen molar-refractivity contribution in [3.8, 4) is 0 Å². The molecular weight excluding hydrogens is 206 g/mol. The zero-order chi connectivity index (χ0) is 11.4. The molecule has 0 spiro atoms. The molecule has 1 aromatic carbocycles. The van der Waals surface area contributed by atoms with Gasteiger partial charge in [-0.15, -0.1) is 5.10 Å². The van der Waals surface area contributed by atoms with Gasteiger partial charge in [-0.2, -0.15) is 0 Å². The van der Waals surface area contributed by atoms with Crippen LogP contribution in [-0.4, -0.2) is 33.3 Å². The maximum absolute atomic E-state index is 8.85. The number of para-hydroxylation sites is 1. The van der Waals surface area contributed by atoms with Crippen LogP contribution in [0.3, 0.4) is 0 Å². The standard InChI is InChI=1S/C11H15N3O2/c1-9(6-15)7-16-8-14-11-5-3-2-4-10(11)12-13-14/h2-5,9,15H,6-8H2,1H3. The lowest BCUT2D eigenvalue weighted by Crippen LogP contribution is -2.13. The minimum absolute atomic E-state index is 0.137. The Morgan fingerprint density at radius 2 is 2.25 bits per heavy atom. The van der Waals surface area contributed by atoms with Gasteiger partial charge in [0.15, 0.2) is 0 Å². The second-order valence-corrected chi connectivity index (χ2v) is 3.87. The summed E-state index contributed by atoms with van der Waals surface area (Å²) >= 11 is 0. The van der Waals surface area contributed by atoms with Crippen molar-refractivity contribution in [3.05, 3.63) is 24.3 Å². The van der Waals surface area contributed by atoms with Gasteiger partial charge in [0.1, 0.15) is 12.2 Å². The summed E-state index contributed by atoms with van der Waals surface area (Å²) in [6, 6.07) is 7.73. The van der Waals surface area contributed by atoms with E-state index < -0.39 is 0 Å². The highest BCUT2D eigenvalue weighted by molar-refractivity contribution is 5.73. The van der Waals surface area contributed by atoms with Crippen LogP contribution >= 0.6 is 0 Å². The number of benzene rings is 1. The molecule has 1 N–H and O–H groups in total. The average Bonchev–Trinajstić information content (AvgIpc) is 2.73. The lowest BCUT2D eigenvalue weighted by molar-refractivity contribution is 0.0336. The topological polar surface area (TPSA) is 60.2 Å². The van der Waals surface area contributed by atoms with Gasteiger partial charge in [-0.25, -0.2) is 4.68 Å². The fraction of sp³-hybridized carbons (Fsp3) is 0.455. The smallest absolute Gasteiger partial charge is 0.141 e. The van der Waals surface area contributed by atoms with E-state index in [2.05, 4.69) is 10.3 Å². The van der Waals surface area contributed by atoms with Crippen LogP contribution < -0.4 is 0 Å². The summed E-state index contributed by atoms with van der Waals surface area (Å²) in [5.74, 6) is 0.148. The van der Waals surface area contributed by atoms with Crippen molar-refractivity contribution in [3.63, 3.8) is 0 Å². The van der Waals surface area contributed by atoms with Gasteiger partial charge < -0.3 is 9.84 Å². The number of aliphatic hydroxyl groups excluding tert-OH is 1. The summed E-state index contributed by atoms with van der Waals surface area (Å²) in [7, 11) is 0. The molecule has 2 rings (SSSR count). The van der Waals surface area contributed by atoms with Crippen LogP contribution in [0.25, 0.3) is 11.0 Å². The summed E-state index contributed by atoms with van der Waals surface area (Å²) in [4.78, 5) is 0. The zero-order valence-electron chi connectivity index (χ0n) is 9.21. The van der Waals surface area contributed by atoms with Crippen LogP contribution in [0.1, 0.15) is 6.92 Å². The SMILES string of the molecule is CC(CO)COCn1nnc2ccccc21. The third kappa shape index (κ3) is 2.37. The zero-order valence-corrected chi connectivity index (χ0v) is 9.21. The first-order valence-electron chi connectivity index (χ1n) is 5.28. The highest BCUT2D eigenvalue weighted by Gasteiger charge is 2.04. The van der Waals surface area contributed by atoms with Crippen molar-refractivity contribution in [1.29, 1.82) is 0 Å². The minimum Gasteiger partial charge on any atom is -0.396 e. The number of aromatic nitrogens is 3. The Morgan fingerprint density at radius 3 is 3.06 bits per heavy atom. The Kier molecular flexibility index (Phi) is 3.48.